The summed E-state index contributed by atoms with van der Waals surface area (Å²) in [5.41, 5.74) is 5.16. The van der Waals surface area contributed by atoms with E-state index in [0.29, 0.717) is 19.0 Å². The van der Waals surface area contributed by atoms with Crippen LogP contribution < -0.4 is 5.73 Å². The van der Waals surface area contributed by atoms with Crippen molar-refractivity contribution in [1.29, 1.82) is 0 Å². The second kappa shape index (κ2) is 7.12. The third-order valence-electron chi connectivity index (χ3n) is 3.64. The van der Waals surface area contributed by atoms with Gasteiger partial charge in [0.05, 0.1) is 0 Å². The fraction of sp³-hybridized carbons (Fsp3) is 0.917. The summed E-state index contributed by atoms with van der Waals surface area (Å²) in [4.78, 5) is 3.83. The van der Waals surface area contributed by atoms with Crippen LogP contribution in [-0.4, -0.2) is 67.3 Å². The van der Waals surface area contributed by atoms with Crippen LogP contribution in [0, 0.1) is 11.8 Å². The summed E-state index contributed by atoms with van der Waals surface area (Å²) in [6.07, 6.45) is -2.74. The highest BCUT2D eigenvalue weighted by molar-refractivity contribution is 5.83. The predicted molar refractivity (Wildman–Crippen MR) is 70.7 cm³/mol. The summed E-state index contributed by atoms with van der Waals surface area (Å²) >= 11 is 0. The second-order valence-electron chi connectivity index (χ2n) is 5.63. The number of nitrogens with two attached hydrogens (primary N) is 1. The Morgan fingerprint density at radius 3 is 2.35 bits per heavy atom. The van der Waals surface area contributed by atoms with Crippen molar-refractivity contribution >= 4 is 5.84 Å². The van der Waals surface area contributed by atoms with Crippen LogP contribution in [-0.2, 0) is 0 Å². The number of hydrogen-bond donors (Lipinski definition) is 2. The normalized spacial score (nSPS) is 21.4. The molecule has 0 radical (unpaired) electrons. The Hall–Kier alpha value is -1.02. The van der Waals surface area contributed by atoms with Crippen molar-refractivity contribution in [3.8, 4) is 0 Å². The highest BCUT2D eigenvalue weighted by Gasteiger charge is 2.44. The Labute approximate surface area is 117 Å². The van der Waals surface area contributed by atoms with Gasteiger partial charge in [-0.2, -0.15) is 13.2 Å². The van der Waals surface area contributed by atoms with E-state index in [1.807, 2.05) is 14.1 Å². The number of nitrogens with zero attached hydrogens (tertiary/aromatic N) is 3. The first-order valence-corrected chi connectivity index (χ1v) is 6.65. The van der Waals surface area contributed by atoms with Crippen molar-refractivity contribution in [2.75, 3.05) is 40.3 Å². The van der Waals surface area contributed by atoms with Gasteiger partial charge in [-0.1, -0.05) is 5.16 Å². The lowest BCUT2D eigenvalue weighted by molar-refractivity contribution is -0.161. The number of hydrogen-bond acceptors (Lipinski definition) is 4. The molecule has 8 heteroatoms. The number of amidine groups is 1. The molecule has 0 amide bonds. The second-order valence-corrected chi connectivity index (χ2v) is 5.63. The van der Waals surface area contributed by atoms with E-state index in [9.17, 15) is 13.2 Å². The molecule has 1 aliphatic rings. The topological polar surface area (TPSA) is 65.1 Å². The quantitative estimate of drug-likeness (QED) is 0.346. The van der Waals surface area contributed by atoms with E-state index >= 15 is 0 Å². The molecular weight excluding hydrogens is 273 g/mol. The van der Waals surface area contributed by atoms with Crippen molar-refractivity contribution in [2.24, 2.45) is 22.7 Å². The number of likely N-dealkylation sites (tertiary alicyclic amines) is 1. The summed E-state index contributed by atoms with van der Waals surface area (Å²) in [6.45, 7) is 1.94. The van der Waals surface area contributed by atoms with Gasteiger partial charge in [0.25, 0.3) is 0 Å². The molecule has 1 unspecified atom stereocenters. The SMILES string of the molecule is CN(C)CC1CCN(CC(C(N)=NO)C(F)(F)F)CC1. The van der Waals surface area contributed by atoms with Gasteiger partial charge < -0.3 is 20.7 Å². The largest absolute Gasteiger partial charge is 0.409 e. The van der Waals surface area contributed by atoms with Gasteiger partial charge in [-0.25, -0.2) is 0 Å². The Balaban J connectivity index is 2.52. The van der Waals surface area contributed by atoms with Crippen LogP contribution in [0.3, 0.4) is 0 Å². The van der Waals surface area contributed by atoms with E-state index in [2.05, 4.69) is 10.1 Å². The van der Waals surface area contributed by atoms with Gasteiger partial charge in [0.2, 0.25) is 0 Å². The van der Waals surface area contributed by atoms with Crippen molar-refractivity contribution < 1.29 is 18.4 Å². The van der Waals surface area contributed by atoms with E-state index < -0.39 is 17.9 Å². The first kappa shape index (κ1) is 17.0. The molecule has 1 heterocycles. The Morgan fingerprint density at radius 1 is 1.40 bits per heavy atom. The van der Waals surface area contributed by atoms with Crippen LogP contribution in [0.25, 0.3) is 0 Å². The van der Waals surface area contributed by atoms with Crippen LogP contribution >= 0.6 is 0 Å². The molecule has 0 aliphatic carbocycles. The Kier molecular flexibility index (Phi) is 6.07. The fourth-order valence-corrected chi connectivity index (χ4v) is 2.56. The molecule has 0 aromatic heterocycles. The molecule has 3 N–H and O–H groups in total. The zero-order valence-electron chi connectivity index (χ0n) is 11.9. The van der Waals surface area contributed by atoms with Gasteiger partial charge in [-0.15, -0.1) is 0 Å². The molecular formula is C12H23F3N4O. The molecule has 118 valence electrons. The van der Waals surface area contributed by atoms with Gasteiger partial charge in [0, 0.05) is 13.1 Å². The van der Waals surface area contributed by atoms with E-state index in [1.54, 1.807) is 4.90 Å². The molecule has 1 rings (SSSR count). The van der Waals surface area contributed by atoms with Gasteiger partial charge in [0.15, 0.2) is 5.84 Å². The zero-order chi connectivity index (χ0) is 15.3. The smallest absolute Gasteiger partial charge is 0.400 e. The molecule has 1 fully saturated rings. The van der Waals surface area contributed by atoms with E-state index in [4.69, 9.17) is 10.9 Å². The monoisotopic (exact) mass is 296 g/mol. The van der Waals surface area contributed by atoms with Gasteiger partial charge >= 0.3 is 6.18 Å². The van der Waals surface area contributed by atoms with Crippen LogP contribution in [0.4, 0.5) is 13.2 Å². The summed E-state index contributed by atoms with van der Waals surface area (Å²) in [7, 11) is 3.98. The average molecular weight is 296 g/mol. The third-order valence-corrected chi connectivity index (χ3v) is 3.64. The molecule has 0 bridgehead atoms. The lowest BCUT2D eigenvalue weighted by Gasteiger charge is -2.35. The van der Waals surface area contributed by atoms with E-state index in [0.717, 1.165) is 19.4 Å². The molecule has 1 atom stereocenters. The molecule has 20 heavy (non-hydrogen) atoms. The average Bonchev–Trinajstić information content (AvgIpc) is 2.35. The minimum Gasteiger partial charge on any atom is -0.409 e. The van der Waals surface area contributed by atoms with E-state index in [1.165, 1.54) is 0 Å². The predicted octanol–water partition coefficient (Wildman–Crippen LogP) is 1.18. The molecule has 1 aliphatic heterocycles. The van der Waals surface area contributed by atoms with Gasteiger partial charge in [0.1, 0.15) is 5.92 Å². The molecule has 0 aromatic rings. The van der Waals surface area contributed by atoms with Crippen molar-refractivity contribution in [3.63, 3.8) is 0 Å². The van der Waals surface area contributed by atoms with E-state index in [-0.39, 0.29) is 6.54 Å². The molecule has 0 spiro atoms. The highest BCUT2D eigenvalue weighted by Crippen LogP contribution is 2.28. The van der Waals surface area contributed by atoms with Crippen molar-refractivity contribution in [1.82, 2.24) is 9.80 Å². The Morgan fingerprint density at radius 2 is 1.95 bits per heavy atom. The lowest BCUT2D eigenvalue weighted by Crippen LogP contribution is -2.47. The first-order chi connectivity index (χ1) is 9.24. The first-order valence-electron chi connectivity index (χ1n) is 6.65. The fourth-order valence-electron chi connectivity index (χ4n) is 2.56. The minimum absolute atomic E-state index is 0.242. The third kappa shape index (κ3) is 5.16. The Bertz CT molecular complexity index is 325. The number of piperidine rings is 1. The van der Waals surface area contributed by atoms with Crippen LogP contribution in [0.15, 0.2) is 5.16 Å². The van der Waals surface area contributed by atoms with Crippen LogP contribution in [0.5, 0.6) is 0 Å². The zero-order valence-corrected chi connectivity index (χ0v) is 11.9. The maximum absolute atomic E-state index is 12.9. The summed E-state index contributed by atoms with van der Waals surface area (Å²) < 4.78 is 38.6. The van der Waals surface area contributed by atoms with Gasteiger partial charge in [-0.3, -0.25) is 0 Å². The van der Waals surface area contributed by atoms with Crippen molar-refractivity contribution in [2.45, 2.75) is 19.0 Å². The lowest BCUT2D eigenvalue weighted by atomic mass is 9.95. The summed E-state index contributed by atoms with van der Waals surface area (Å²) in [5.74, 6) is -2.15. The van der Waals surface area contributed by atoms with Gasteiger partial charge in [-0.05, 0) is 45.9 Å². The number of alkyl halides is 3. The van der Waals surface area contributed by atoms with Crippen LogP contribution in [0.1, 0.15) is 12.8 Å². The summed E-state index contributed by atoms with van der Waals surface area (Å²) in [6, 6.07) is 0. The van der Waals surface area contributed by atoms with Crippen LogP contribution in [0.2, 0.25) is 0 Å². The molecule has 1 saturated heterocycles. The maximum Gasteiger partial charge on any atom is 0.400 e. The molecule has 0 aromatic carbocycles. The standard InChI is InChI=1S/C12H23F3N4O/c1-18(2)7-9-3-5-19(6-4-9)8-10(11(16)17-20)12(13,14)15/h9-10,20H,3-8H2,1-2H3,(H2,16,17). The van der Waals surface area contributed by atoms with Crippen molar-refractivity contribution in [3.05, 3.63) is 0 Å². The highest BCUT2D eigenvalue weighted by atomic mass is 19.4. The minimum atomic E-state index is -4.49. The molecule has 0 saturated carbocycles. The molecule has 5 nitrogen and oxygen atoms in total. The number of halogens is 3. The maximum atomic E-state index is 12.9. The summed E-state index contributed by atoms with van der Waals surface area (Å²) in [5, 5.41) is 11.0. The number of oxime groups is 1. The number of rotatable bonds is 5.